The van der Waals surface area contributed by atoms with Crippen LogP contribution in [0.2, 0.25) is 0 Å². The minimum atomic E-state index is -0.874. The second-order valence-corrected chi connectivity index (χ2v) is 12.5. The molecule has 1 aliphatic heterocycles. The van der Waals surface area contributed by atoms with E-state index < -0.39 is 22.9 Å². The Hall–Kier alpha value is -0.630. The van der Waals surface area contributed by atoms with Gasteiger partial charge in [0.25, 0.3) is 0 Å². The fourth-order valence-electron chi connectivity index (χ4n) is 4.65. The standard InChI is InChI=1S/C22H20.2ClH.Hf/c1-15-5-3-7-19-11-17(13-21(15)19)9-10-18-12-20-8-4-6-16(2)22(20)14-18;;;/h3-8,11-14H,9-10H2,1-2H3;2*1H;/q;;;+2/p-2. The predicted molar refractivity (Wildman–Crippen MR) is 93.0 cm³/mol. The maximum atomic E-state index is 2.53. The van der Waals surface area contributed by atoms with Crippen molar-refractivity contribution < 1.29 is 47.7 Å². The van der Waals surface area contributed by atoms with E-state index in [4.69, 9.17) is 0 Å². The van der Waals surface area contributed by atoms with Crippen LogP contribution in [0.15, 0.2) is 47.5 Å². The first-order valence-electron chi connectivity index (χ1n) is 8.58. The summed E-state index contributed by atoms with van der Waals surface area (Å²) in [5.41, 5.74) is 13.0. The zero-order valence-electron chi connectivity index (χ0n) is 14.4. The van der Waals surface area contributed by atoms with Gasteiger partial charge in [-0.2, -0.15) is 0 Å². The fourth-order valence-corrected chi connectivity index (χ4v) is 13.1. The second kappa shape index (κ2) is 7.18. The van der Waals surface area contributed by atoms with Crippen LogP contribution in [0.4, 0.5) is 0 Å². The van der Waals surface area contributed by atoms with E-state index >= 15 is 0 Å². The third-order valence-corrected chi connectivity index (χ3v) is 12.9. The van der Waals surface area contributed by atoms with Gasteiger partial charge in [-0.15, -0.1) is 0 Å². The molecule has 2 aliphatic carbocycles. The van der Waals surface area contributed by atoms with Crippen molar-refractivity contribution in [1.82, 2.24) is 0 Å². The molecule has 1 saturated heterocycles. The van der Waals surface area contributed by atoms with Crippen LogP contribution in [-0.2, 0) is 22.9 Å². The van der Waals surface area contributed by atoms with Gasteiger partial charge < -0.3 is 24.8 Å². The molecule has 2 aromatic rings. The molecule has 2 unspecified atom stereocenters. The van der Waals surface area contributed by atoms with Gasteiger partial charge in [-0.1, -0.05) is 0 Å². The molecule has 3 aliphatic rings. The maximum absolute atomic E-state index is 2.53. The van der Waals surface area contributed by atoms with Gasteiger partial charge in [-0.3, -0.25) is 0 Å². The Balaban J connectivity index is 0.000000911. The Bertz CT molecular complexity index is 821. The van der Waals surface area contributed by atoms with Crippen molar-refractivity contribution in [2.75, 3.05) is 0 Å². The predicted octanol–water partition coefficient (Wildman–Crippen LogP) is -0.236. The Kier molecular flexibility index (Phi) is 5.49. The average molecular weight is 534 g/mol. The van der Waals surface area contributed by atoms with E-state index in [1.54, 1.807) is 22.3 Å². The van der Waals surface area contributed by atoms with Gasteiger partial charge >= 0.3 is 150 Å². The third-order valence-electron chi connectivity index (χ3n) is 5.75. The summed E-state index contributed by atoms with van der Waals surface area (Å²) in [6.07, 6.45) is 7.61. The molecule has 126 valence electrons. The van der Waals surface area contributed by atoms with Crippen molar-refractivity contribution >= 4 is 12.2 Å². The van der Waals surface area contributed by atoms with E-state index in [2.05, 4.69) is 62.4 Å². The summed E-state index contributed by atoms with van der Waals surface area (Å²) in [4.78, 5) is 0. The molecule has 0 spiro atoms. The Morgan fingerprint density at radius 2 is 1.16 bits per heavy atom. The van der Waals surface area contributed by atoms with Crippen LogP contribution < -0.4 is 24.8 Å². The van der Waals surface area contributed by atoms with Crippen LogP contribution in [0.1, 0.15) is 53.6 Å². The smallest absolute Gasteiger partial charge is 1.00 e. The molecule has 25 heavy (non-hydrogen) atoms. The first-order chi connectivity index (χ1) is 11.2. The van der Waals surface area contributed by atoms with Gasteiger partial charge in [0.2, 0.25) is 0 Å². The van der Waals surface area contributed by atoms with E-state index in [9.17, 15) is 0 Å². The van der Waals surface area contributed by atoms with Crippen molar-refractivity contribution in [3.63, 3.8) is 0 Å². The van der Waals surface area contributed by atoms with Gasteiger partial charge in [-0.05, 0) is 0 Å². The normalized spacial score (nSPS) is 21.5. The number of hydrogen-bond acceptors (Lipinski definition) is 0. The van der Waals surface area contributed by atoms with Crippen LogP contribution in [0, 0.1) is 13.8 Å². The first kappa shape index (κ1) is 19.1. The number of rotatable bonds is 0. The van der Waals surface area contributed by atoms with Gasteiger partial charge in [0, 0.05) is 0 Å². The molecular weight excluding hydrogens is 514 g/mol. The average Bonchev–Trinajstić information content (AvgIpc) is 3.02. The second-order valence-electron chi connectivity index (χ2n) is 7.13. The molecule has 1 fully saturated rings. The molecular formula is C22H20Cl2Hf. The van der Waals surface area contributed by atoms with E-state index in [1.807, 2.05) is 0 Å². The van der Waals surface area contributed by atoms with Gasteiger partial charge in [0.1, 0.15) is 0 Å². The Morgan fingerprint density at radius 3 is 1.60 bits per heavy atom. The summed E-state index contributed by atoms with van der Waals surface area (Å²) in [6, 6.07) is 13.7. The van der Waals surface area contributed by atoms with Gasteiger partial charge in [-0.25, -0.2) is 0 Å². The molecule has 0 aromatic heterocycles. The summed E-state index contributed by atoms with van der Waals surface area (Å²) < 4.78 is 1.65. The quantitative estimate of drug-likeness (QED) is 0.411. The van der Waals surface area contributed by atoms with Gasteiger partial charge in [0.05, 0.1) is 0 Å². The molecule has 0 saturated carbocycles. The Labute approximate surface area is 174 Å². The SMILES string of the molecule is Cc1cccc2c1[CH]1[Hf+2][CH]3C(=Cc4cccc(C)c43)CCC1=C2.[Cl-].[Cl-]. The number of benzene rings is 2. The topological polar surface area (TPSA) is 0 Å². The van der Waals surface area contributed by atoms with E-state index in [-0.39, 0.29) is 24.8 Å². The summed E-state index contributed by atoms with van der Waals surface area (Å²) in [5, 5.41) is 0. The molecule has 3 heteroatoms. The van der Waals surface area contributed by atoms with E-state index in [0.717, 1.165) is 7.35 Å². The van der Waals surface area contributed by atoms with Crippen molar-refractivity contribution in [2.24, 2.45) is 0 Å². The minimum Gasteiger partial charge on any atom is -1.00 e. The monoisotopic (exact) mass is 534 g/mol. The van der Waals surface area contributed by atoms with E-state index in [0.29, 0.717) is 0 Å². The number of hydrogen-bond donors (Lipinski definition) is 0. The van der Waals surface area contributed by atoms with Crippen LogP contribution in [0.3, 0.4) is 0 Å². The molecule has 2 aromatic carbocycles. The third kappa shape index (κ3) is 2.93. The van der Waals surface area contributed by atoms with Crippen molar-refractivity contribution in [2.45, 2.75) is 34.0 Å². The van der Waals surface area contributed by atoms with Crippen LogP contribution in [0.25, 0.3) is 12.2 Å². The molecule has 0 radical (unpaired) electrons. The fraction of sp³-hybridized carbons (Fsp3) is 0.273. The Morgan fingerprint density at radius 1 is 0.720 bits per heavy atom. The molecule has 0 nitrogen and oxygen atoms in total. The van der Waals surface area contributed by atoms with Crippen LogP contribution in [-0.4, -0.2) is 0 Å². The number of halogens is 2. The van der Waals surface area contributed by atoms with Gasteiger partial charge in [0.15, 0.2) is 0 Å². The summed E-state index contributed by atoms with van der Waals surface area (Å²) >= 11 is -0.874. The molecule has 5 rings (SSSR count). The molecule has 0 bridgehead atoms. The van der Waals surface area contributed by atoms with Crippen LogP contribution in [0.5, 0.6) is 0 Å². The van der Waals surface area contributed by atoms with Crippen LogP contribution >= 0.6 is 0 Å². The minimum absolute atomic E-state index is 0. The summed E-state index contributed by atoms with van der Waals surface area (Å²) in [6.45, 7) is 4.63. The molecule has 2 atom stereocenters. The molecule has 0 N–H and O–H groups in total. The number of fused-ring (bicyclic) bond motifs is 6. The summed E-state index contributed by atoms with van der Waals surface area (Å²) in [7, 11) is 0. The number of aryl methyl sites for hydroxylation is 2. The maximum Gasteiger partial charge on any atom is -1.00 e. The van der Waals surface area contributed by atoms with Crippen molar-refractivity contribution in [3.8, 4) is 0 Å². The van der Waals surface area contributed by atoms with E-state index in [1.165, 1.54) is 35.1 Å². The first-order valence-corrected chi connectivity index (χ1v) is 12.7. The zero-order valence-corrected chi connectivity index (χ0v) is 19.5. The van der Waals surface area contributed by atoms with Crippen molar-refractivity contribution in [1.29, 1.82) is 0 Å². The largest absolute Gasteiger partial charge is 1.00 e. The molecule has 1 heterocycles. The summed E-state index contributed by atoms with van der Waals surface area (Å²) in [5.74, 6) is 0. The molecule has 0 amide bonds. The zero-order chi connectivity index (χ0) is 15.6. The van der Waals surface area contributed by atoms with Crippen molar-refractivity contribution in [3.05, 3.63) is 80.9 Å². The number of allylic oxidation sites excluding steroid dienone is 2.